The van der Waals surface area contributed by atoms with Crippen molar-refractivity contribution in [2.75, 3.05) is 24.3 Å². The fourth-order valence-corrected chi connectivity index (χ4v) is 3.99. The summed E-state index contributed by atoms with van der Waals surface area (Å²) in [5, 5.41) is 2.47. The molecule has 0 atom stereocenters. The second-order valence-electron chi connectivity index (χ2n) is 6.70. The third-order valence-corrected chi connectivity index (χ3v) is 5.92. The molecule has 3 rings (SSSR count). The Morgan fingerprint density at radius 1 is 0.848 bits per heavy atom. The molecule has 0 spiro atoms. The van der Waals surface area contributed by atoms with Crippen molar-refractivity contribution in [2.24, 2.45) is 0 Å². The van der Waals surface area contributed by atoms with Crippen LogP contribution >= 0.6 is 0 Å². The van der Waals surface area contributed by atoms with Crippen LogP contribution in [0.25, 0.3) is 0 Å². The van der Waals surface area contributed by atoms with Crippen LogP contribution in [-0.4, -0.2) is 28.5 Å². The highest BCUT2D eigenvalue weighted by atomic mass is 32.2. The van der Waals surface area contributed by atoms with Crippen LogP contribution in [0.1, 0.15) is 15.9 Å². The first-order valence-electron chi connectivity index (χ1n) is 9.37. The first-order valence-corrected chi connectivity index (χ1v) is 10.9. The molecule has 33 heavy (non-hydrogen) atoms. The van der Waals surface area contributed by atoms with Gasteiger partial charge in [0.05, 0.1) is 36.1 Å². The fourth-order valence-electron chi connectivity index (χ4n) is 2.89. The molecule has 3 aromatic rings. The van der Waals surface area contributed by atoms with Crippen LogP contribution in [0.15, 0.2) is 71.6 Å². The molecule has 0 saturated carbocycles. The molecule has 2 N–H and O–H groups in total. The number of ether oxygens (including phenoxy) is 2. The van der Waals surface area contributed by atoms with Crippen LogP contribution in [0.3, 0.4) is 0 Å². The number of hydrogen-bond acceptors (Lipinski definition) is 5. The Hall–Kier alpha value is -3.73. The molecule has 0 saturated heterocycles. The first-order chi connectivity index (χ1) is 15.5. The normalized spacial score (nSPS) is 11.5. The maximum absolute atomic E-state index is 12.9. The highest BCUT2D eigenvalue weighted by molar-refractivity contribution is 7.92. The van der Waals surface area contributed by atoms with Crippen molar-refractivity contribution in [3.05, 3.63) is 77.9 Å². The largest absolute Gasteiger partial charge is 0.495 e. The lowest BCUT2D eigenvalue weighted by Crippen LogP contribution is -2.16. The number of carbonyl (C=O) groups is 1. The van der Waals surface area contributed by atoms with E-state index in [1.807, 2.05) is 0 Å². The molecular weight excluding hydrogens is 461 g/mol. The highest BCUT2D eigenvalue weighted by Crippen LogP contribution is 2.32. The molecule has 1 amide bonds. The fraction of sp³-hybridized carbons (Fsp3) is 0.136. The Labute approximate surface area is 188 Å². The molecule has 0 heterocycles. The highest BCUT2D eigenvalue weighted by Gasteiger charge is 2.30. The molecular formula is C22H19F3N2O5S. The average Bonchev–Trinajstić information content (AvgIpc) is 2.78. The third-order valence-electron chi connectivity index (χ3n) is 4.56. The quantitative estimate of drug-likeness (QED) is 0.508. The van der Waals surface area contributed by atoms with E-state index < -0.39 is 27.7 Å². The lowest BCUT2D eigenvalue weighted by atomic mass is 10.1. The lowest BCUT2D eigenvalue weighted by Gasteiger charge is -2.15. The van der Waals surface area contributed by atoms with Gasteiger partial charge in [-0.1, -0.05) is 12.1 Å². The minimum Gasteiger partial charge on any atom is -0.495 e. The van der Waals surface area contributed by atoms with Crippen molar-refractivity contribution in [3.8, 4) is 11.5 Å². The molecule has 174 valence electrons. The molecule has 7 nitrogen and oxygen atoms in total. The predicted molar refractivity (Wildman–Crippen MR) is 116 cm³/mol. The topological polar surface area (TPSA) is 93.7 Å². The van der Waals surface area contributed by atoms with Gasteiger partial charge >= 0.3 is 6.18 Å². The van der Waals surface area contributed by atoms with E-state index >= 15 is 0 Å². The van der Waals surface area contributed by atoms with Crippen molar-refractivity contribution < 1.29 is 35.9 Å². The maximum Gasteiger partial charge on any atom is 0.416 e. The summed E-state index contributed by atoms with van der Waals surface area (Å²) < 4.78 is 76.7. The zero-order valence-corrected chi connectivity index (χ0v) is 18.3. The number of halogens is 3. The number of hydrogen-bond donors (Lipinski definition) is 2. The summed E-state index contributed by atoms with van der Waals surface area (Å²) in [5.74, 6) is -0.272. The smallest absolute Gasteiger partial charge is 0.416 e. The van der Waals surface area contributed by atoms with Gasteiger partial charge < -0.3 is 14.8 Å². The summed E-state index contributed by atoms with van der Waals surface area (Å²) in [7, 11) is -1.36. The lowest BCUT2D eigenvalue weighted by molar-refractivity contribution is -0.137. The Morgan fingerprint density at radius 3 is 2.06 bits per heavy atom. The minimum atomic E-state index is -4.53. The molecule has 11 heteroatoms. The van der Waals surface area contributed by atoms with Crippen LogP contribution in [0, 0.1) is 0 Å². The number of anilines is 2. The second kappa shape index (κ2) is 9.41. The number of rotatable bonds is 7. The van der Waals surface area contributed by atoms with E-state index in [0.29, 0.717) is 5.75 Å². The number of para-hydroxylation sites is 2. The number of amides is 1. The van der Waals surface area contributed by atoms with Crippen LogP contribution in [-0.2, 0) is 16.2 Å². The third kappa shape index (κ3) is 5.55. The monoisotopic (exact) mass is 480 g/mol. The van der Waals surface area contributed by atoms with Gasteiger partial charge in [-0.2, -0.15) is 13.2 Å². The summed E-state index contributed by atoms with van der Waals surface area (Å²) in [4.78, 5) is 12.4. The van der Waals surface area contributed by atoms with E-state index in [2.05, 4.69) is 10.0 Å². The van der Waals surface area contributed by atoms with E-state index in [-0.39, 0.29) is 27.6 Å². The van der Waals surface area contributed by atoms with Gasteiger partial charge in [-0.3, -0.25) is 9.52 Å². The van der Waals surface area contributed by atoms with Gasteiger partial charge in [-0.05, 0) is 54.6 Å². The van der Waals surface area contributed by atoms with Gasteiger partial charge in [-0.15, -0.1) is 0 Å². The molecule has 0 aliphatic rings. The number of sulfonamides is 1. The molecule has 3 aromatic carbocycles. The minimum absolute atomic E-state index is 0.0188. The van der Waals surface area contributed by atoms with Crippen LogP contribution in [0.2, 0.25) is 0 Å². The summed E-state index contributed by atoms with van der Waals surface area (Å²) in [6, 6.07) is 13.8. The zero-order valence-electron chi connectivity index (χ0n) is 17.4. The number of nitrogens with one attached hydrogen (secondary N) is 2. The number of methoxy groups -OCH3 is 2. The van der Waals surface area contributed by atoms with Gasteiger partial charge in [0.15, 0.2) is 0 Å². The van der Waals surface area contributed by atoms with Crippen LogP contribution < -0.4 is 19.5 Å². The van der Waals surface area contributed by atoms with Crippen molar-refractivity contribution in [1.82, 2.24) is 0 Å². The number of benzene rings is 3. The summed E-state index contributed by atoms with van der Waals surface area (Å²) >= 11 is 0. The van der Waals surface area contributed by atoms with Crippen molar-refractivity contribution in [2.45, 2.75) is 11.1 Å². The Kier molecular flexibility index (Phi) is 6.82. The molecule has 0 aliphatic carbocycles. The SMILES string of the molecule is COc1ccc(S(=O)(=O)Nc2ccccc2OC)cc1NC(=O)c1ccc(C(F)(F)F)cc1. The van der Waals surface area contributed by atoms with Crippen LogP contribution in [0.4, 0.5) is 24.5 Å². The van der Waals surface area contributed by atoms with E-state index in [0.717, 1.165) is 24.3 Å². The average molecular weight is 480 g/mol. The second-order valence-corrected chi connectivity index (χ2v) is 8.38. The Bertz CT molecular complexity index is 1260. The molecule has 0 fully saturated rings. The number of carbonyl (C=O) groups excluding carboxylic acids is 1. The van der Waals surface area contributed by atoms with Gasteiger partial charge in [0, 0.05) is 5.56 Å². The molecule has 0 radical (unpaired) electrons. The maximum atomic E-state index is 12.9. The van der Waals surface area contributed by atoms with Crippen molar-refractivity contribution in [1.29, 1.82) is 0 Å². The van der Waals surface area contributed by atoms with Gasteiger partial charge in [0.2, 0.25) is 0 Å². The Morgan fingerprint density at radius 2 is 1.45 bits per heavy atom. The predicted octanol–water partition coefficient (Wildman–Crippen LogP) is 4.78. The molecule has 0 bridgehead atoms. The van der Waals surface area contributed by atoms with Gasteiger partial charge in [0.1, 0.15) is 11.5 Å². The zero-order chi connectivity index (χ0) is 24.2. The van der Waals surface area contributed by atoms with Crippen molar-refractivity contribution >= 4 is 27.3 Å². The van der Waals surface area contributed by atoms with Gasteiger partial charge in [0.25, 0.3) is 15.9 Å². The first kappa shape index (κ1) is 23.9. The molecule has 0 aliphatic heterocycles. The van der Waals surface area contributed by atoms with Crippen molar-refractivity contribution in [3.63, 3.8) is 0 Å². The van der Waals surface area contributed by atoms with E-state index in [9.17, 15) is 26.4 Å². The van der Waals surface area contributed by atoms with E-state index in [4.69, 9.17) is 9.47 Å². The van der Waals surface area contributed by atoms with Crippen LogP contribution in [0.5, 0.6) is 11.5 Å². The summed E-state index contributed by atoms with van der Waals surface area (Å²) in [5.41, 5.74) is -0.714. The molecule has 0 aromatic heterocycles. The van der Waals surface area contributed by atoms with Gasteiger partial charge in [-0.25, -0.2) is 8.42 Å². The Balaban J connectivity index is 1.88. The standard InChI is InChI=1S/C22H19F3N2O5S/c1-31-19-6-4-3-5-17(19)27-33(29,30)16-11-12-20(32-2)18(13-16)26-21(28)14-7-9-15(10-8-14)22(23,24)25/h3-13,27H,1-2H3,(H,26,28). The summed E-state index contributed by atoms with van der Waals surface area (Å²) in [6.07, 6.45) is -4.53. The molecule has 0 unspecified atom stereocenters. The number of alkyl halides is 3. The van der Waals surface area contributed by atoms with E-state index in [1.54, 1.807) is 18.2 Å². The van der Waals surface area contributed by atoms with E-state index in [1.165, 1.54) is 38.5 Å². The summed E-state index contributed by atoms with van der Waals surface area (Å²) in [6.45, 7) is 0.